The first-order chi connectivity index (χ1) is 5.52. The van der Waals surface area contributed by atoms with Crippen LogP contribution in [0.15, 0.2) is 10.5 Å². The molecule has 0 saturated carbocycles. The van der Waals surface area contributed by atoms with Crippen molar-refractivity contribution in [3.63, 3.8) is 0 Å². The Hall–Kier alpha value is -0.420. The molecule has 2 N–H and O–H groups in total. The monoisotopic (exact) mass is 256 g/mol. The molecule has 0 unspecified atom stereocenters. The highest BCUT2D eigenvalue weighted by molar-refractivity contribution is 9.10. The average Bonchev–Trinajstić information content (AvgIpc) is 1.99. The van der Waals surface area contributed by atoms with Crippen molar-refractivity contribution in [1.82, 2.24) is 4.98 Å². The van der Waals surface area contributed by atoms with E-state index in [9.17, 15) is 8.78 Å². The number of alkyl halides is 2. The Balaban J connectivity index is 3.21. The minimum Gasteiger partial charge on any atom is -0.395 e. The molecular weight excluding hydrogens is 253 g/mol. The molecule has 0 fully saturated rings. The first-order valence-corrected chi connectivity index (χ1v) is 4.09. The van der Waals surface area contributed by atoms with E-state index in [0.717, 1.165) is 6.07 Å². The quantitative estimate of drug-likeness (QED) is 0.786. The van der Waals surface area contributed by atoms with E-state index in [1.54, 1.807) is 0 Å². The highest BCUT2D eigenvalue weighted by Crippen LogP contribution is 2.29. The van der Waals surface area contributed by atoms with Crippen LogP contribution in [0.3, 0.4) is 0 Å². The number of pyridine rings is 1. The Morgan fingerprint density at radius 1 is 1.58 bits per heavy atom. The maximum atomic E-state index is 12.1. The summed E-state index contributed by atoms with van der Waals surface area (Å²) in [5.41, 5.74) is 5.14. The fourth-order valence-corrected chi connectivity index (χ4v) is 1.36. The van der Waals surface area contributed by atoms with Crippen molar-refractivity contribution in [1.29, 1.82) is 0 Å². The van der Waals surface area contributed by atoms with E-state index >= 15 is 0 Å². The summed E-state index contributed by atoms with van der Waals surface area (Å²) >= 11 is 8.45. The van der Waals surface area contributed by atoms with E-state index in [0.29, 0.717) is 4.47 Å². The number of halogens is 4. The summed E-state index contributed by atoms with van der Waals surface area (Å²) in [6, 6.07) is 1.14. The van der Waals surface area contributed by atoms with E-state index < -0.39 is 6.43 Å². The van der Waals surface area contributed by atoms with Gasteiger partial charge in [0.2, 0.25) is 0 Å². The van der Waals surface area contributed by atoms with E-state index in [1.807, 2.05) is 0 Å². The van der Waals surface area contributed by atoms with Crippen molar-refractivity contribution >= 4 is 33.2 Å². The zero-order valence-electron chi connectivity index (χ0n) is 5.69. The Bertz CT molecular complexity index is 283. The van der Waals surface area contributed by atoms with Gasteiger partial charge in [0.05, 0.1) is 5.69 Å². The van der Waals surface area contributed by atoms with Crippen LogP contribution in [-0.4, -0.2) is 4.98 Å². The summed E-state index contributed by atoms with van der Waals surface area (Å²) < 4.78 is 24.5. The van der Waals surface area contributed by atoms with Gasteiger partial charge in [-0.1, -0.05) is 11.6 Å². The third kappa shape index (κ3) is 1.84. The van der Waals surface area contributed by atoms with Gasteiger partial charge in [-0.2, -0.15) is 0 Å². The molecule has 0 radical (unpaired) electrons. The number of rotatable bonds is 1. The van der Waals surface area contributed by atoms with Gasteiger partial charge >= 0.3 is 0 Å². The number of nitrogen functional groups attached to an aromatic ring is 1. The SMILES string of the molecule is Nc1c(Br)cc(C(F)F)nc1Cl. The third-order valence-corrected chi connectivity index (χ3v) is 2.15. The second kappa shape index (κ2) is 3.53. The molecule has 0 atom stereocenters. The van der Waals surface area contributed by atoms with Crippen LogP contribution in [0.5, 0.6) is 0 Å². The molecule has 0 amide bonds. The van der Waals surface area contributed by atoms with Crippen LogP contribution >= 0.6 is 27.5 Å². The topological polar surface area (TPSA) is 38.9 Å². The lowest BCUT2D eigenvalue weighted by Crippen LogP contribution is -1.96. The normalized spacial score (nSPS) is 10.8. The zero-order chi connectivity index (χ0) is 9.30. The van der Waals surface area contributed by atoms with Crippen molar-refractivity contribution in [3.8, 4) is 0 Å². The molecular formula is C6H4BrClF2N2. The fourth-order valence-electron chi connectivity index (χ4n) is 0.624. The lowest BCUT2D eigenvalue weighted by molar-refractivity contribution is 0.146. The molecule has 0 bridgehead atoms. The van der Waals surface area contributed by atoms with E-state index in [1.165, 1.54) is 0 Å². The van der Waals surface area contributed by atoms with Crippen LogP contribution in [0, 0.1) is 0 Å². The van der Waals surface area contributed by atoms with Crippen molar-refractivity contribution in [2.45, 2.75) is 6.43 Å². The van der Waals surface area contributed by atoms with Crippen molar-refractivity contribution in [2.75, 3.05) is 5.73 Å². The fraction of sp³-hybridized carbons (Fsp3) is 0.167. The van der Waals surface area contributed by atoms with Crippen molar-refractivity contribution < 1.29 is 8.78 Å². The van der Waals surface area contributed by atoms with Crippen molar-refractivity contribution in [2.24, 2.45) is 0 Å². The molecule has 1 heterocycles. The van der Waals surface area contributed by atoms with Gasteiger partial charge in [0, 0.05) is 4.47 Å². The Kier molecular flexibility index (Phi) is 2.85. The van der Waals surface area contributed by atoms with Crippen LogP contribution in [-0.2, 0) is 0 Å². The van der Waals surface area contributed by atoms with E-state index in [2.05, 4.69) is 20.9 Å². The predicted octanol–water partition coefficient (Wildman–Crippen LogP) is 3.02. The first-order valence-electron chi connectivity index (χ1n) is 2.92. The molecule has 1 aromatic heterocycles. The maximum Gasteiger partial charge on any atom is 0.280 e. The third-order valence-electron chi connectivity index (χ3n) is 1.20. The van der Waals surface area contributed by atoms with Gasteiger partial charge in [-0.05, 0) is 22.0 Å². The van der Waals surface area contributed by atoms with Gasteiger partial charge in [0.25, 0.3) is 6.43 Å². The highest BCUT2D eigenvalue weighted by atomic mass is 79.9. The van der Waals surface area contributed by atoms with Crippen LogP contribution in [0.1, 0.15) is 12.1 Å². The van der Waals surface area contributed by atoms with Crippen LogP contribution in [0.25, 0.3) is 0 Å². The first kappa shape index (κ1) is 9.67. The highest BCUT2D eigenvalue weighted by Gasteiger charge is 2.13. The minimum atomic E-state index is -2.64. The second-order valence-corrected chi connectivity index (χ2v) is 3.25. The number of nitrogens with zero attached hydrogens (tertiary/aromatic N) is 1. The Morgan fingerprint density at radius 3 is 2.58 bits per heavy atom. The van der Waals surface area contributed by atoms with Crippen molar-refractivity contribution in [3.05, 3.63) is 21.4 Å². The molecule has 0 saturated heterocycles. The molecule has 1 aromatic rings. The molecule has 12 heavy (non-hydrogen) atoms. The maximum absolute atomic E-state index is 12.1. The van der Waals surface area contributed by atoms with Gasteiger partial charge < -0.3 is 5.73 Å². The van der Waals surface area contributed by atoms with E-state index in [4.69, 9.17) is 17.3 Å². The van der Waals surface area contributed by atoms with Gasteiger partial charge in [-0.3, -0.25) is 0 Å². The number of anilines is 1. The van der Waals surface area contributed by atoms with Gasteiger partial charge in [0.1, 0.15) is 5.69 Å². The molecule has 0 aliphatic heterocycles. The van der Waals surface area contributed by atoms with Crippen LogP contribution in [0.2, 0.25) is 5.15 Å². The smallest absolute Gasteiger partial charge is 0.280 e. The Labute approximate surface area is 80.9 Å². The summed E-state index contributed by atoms with van der Waals surface area (Å²) in [5, 5.41) is -0.111. The van der Waals surface area contributed by atoms with Gasteiger partial charge in [0.15, 0.2) is 5.15 Å². The molecule has 1 rings (SSSR count). The predicted molar refractivity (Wildman–Crippen MR) is 46.3 cm³/mol. The van der Waals surface area contributed by atoms with Gasteiger partial charge in [-0.15, -0.1) is 0 Å². The summed E-state index contributed by atoms with van der Waals surface area (Å²) in [7, 11) is 0. The molecule has 0 aromatic carbocycles. The zero-order valence-corrected chi connectivity index (χ0v) is 8.03. The molecule has 2 nitrogen and oxygen atoms in total. The number of hydrogen-bond donors (Lipinski definition) is 1. The molecule has 0 spiro atoms. The molecule has 0 aliphatic rings. The van der Waals surface area contributed by atoms with E-state index in [-0.39, 0.29) is 16.5 Å². The standard InChI is InChI=1S/C6H4BrClF2N2/c7-2-1-3(6(9)10)12-5(8)4(2)11/h1,6H,11H2. The second-order valence-electron chi connectivity index (χ2n) is 2.03. The summed E-state index contributed by atoms with van der Waals surface area (Å²) in [4.78, 5) is 3.39. The number of nitrogens with two attached hydrogens (primary N) is 1. The average molecular weight is 257 g/mol. The summed E-state index contributed by atoms with van der Waals surface area (Å²) in [6.07, 6.45) is -2.64. The molecule has 6 heteroatoms. The molecule has 66 valence electrons. The lowest BCUT2D eigenvalue weighted by atomic mass is 10.3. The minimum absolute atomic E-state index is 0.111. The number of hydrogen-bond acceptors (Lipinski definition) is 2. The Morgan fingerprint density at radius 2 is 2.17 bits per heavy atom. The van der Waals surface area contributed by atoms with Gasteiger partial charge in [-0.25, -0.2) is 13.8 Å². The largest absolute Gasteiger partial charge is 0.395 e. The number of aromatic nitrogens is 1. The lowest BCUT2D eigenvalue weighted by Gasteiger charge is -2.03. The summed E-state index contributed by atoms with van der Waals surface area (Å²) in [5.74, 6) is 0. The summed E-state index contributed by atoms with van der Waals surface area (Å²) in [6.45, 7) is 0. The van der Waals surface area contributed by atoms with Crippen LogP contribution in [0.4, 0.5) is 14.5 Å². The molecule has 0 aliphatic carbocycles. The van der Waals surface area contributed by atoms with Crippen LogP contribution < -0.4 is 5.73 Å².